The van der Waals surface area contributed by atoms with E-state index in [1.807, 2.05) is 0 Å². The van der Waals surface area contributed by atoms with E-state index in [-0.39, 0.29) is 10.6 Å². The van der Waals surface area contributed by atoms with Gasteiger partial charge in [0.05, 0.1) is 5.69 Å². The van der Waals surface area contributed by atoms with E-state index in [1.54, 1.807) is 6.92 Å². The third kappa shape index (κ3) is 2.27. The van der Waals surface area contributed by atoms with Gasteiger partial charge in [-0.15, -0.1) is 0 Å². The Morgan fingerprint density at radius 3 is 2.53 bits per heavy atom. The number of rotatable bonds is 3. The maximum absolute atomic E-state index is 12.7. The molecular weight excluding hydrogens is 219 g/mol. The van der Waals surface area contributed by atoms with Crippen LogP contribution in [0.1, 0.15) is 6.92 Å². The van der Waals surface area contributed by atoms with Crippen LogP contribution in [0.15, 0.2) is 23.1 Å². The first-order chi connectivity index (χ1) is 6.89. The SMILES string of the molecule is CCN(C)S(=O)(=O)c1ccc(F)cc1N. The van der Waals surface area contributed by atoms with Crippen molar-refractivity contribution in [2.24, 2.45) is 0 Å². The Morgan fingerprint density at radius 1 is 1.47 bits per heavy atom. The summed E-state index contributed by atoms with van der Waals surface area (Å²) in [5.74, 6) is -0.550. The zero-order valence-electron chi connectivity index (χ0n) is 8.57. The summed E-state index contributed by atoms with van der Waals surface area (Å²) in [7, 11) is -2.15. The number of hydrogen-bond donors (Lipinski definition) is 1. The number of anilines is 1. The van der Waals surface area contributed by atoms with Gasteiger partial charge in [-0.2, -0.15) is 0 Å². The molecule has 1 aromatic carbocycles. The third-order valence-electron chi connectivity index (χ3n) is 2.11. The average molecular weight is 232 g/mol. The van der Waals surface area contributed by atoms with Crippen molar-refractivity contribution in [3.05, 3.63) is 24.0 Å². The molecule has 0 saturated carbocycles. The van der Waals surface area contributed by atoms with Crippen molar-refractivity contribution in [1.29, 1.82) is 0 Å². The average Bonchev–Trinajstić information content (AvgIpc) is 2.15. The molecule has 84 valence electrons. The lowest BCUT2D eigenvalue weighted by Gasteiger charge is -2.16. The lowest BCUT2D eigenvalue weighted by Crippen LogP contribution is -2.27. The highest BCUT2D eigenvalue weighted by Gasteiger charge is 2.21. The van der Waals surface area contributed by atoms with Crippen LogP contribution in [-0.2, 0) is 10.0 Å². The molecule has 0 unspecified atom stereocenters. The molecule has 0 aromatic heterocycles. The van der Waals surface area contributed by atoms with Gasteiger partial charge in [-0.25, -0.2) is 17.1 Å². The molecule has 0 atom stereocenters. The fourth-order valence-electron chi connectivity index (χ4n) is 1.09. The van der Waals surface area contributed by atoms with Crippen molar-refractivity contribution >= 4 is 15.7 Å². The van der Waals surface area contributed by atoms with E-state index in [2.05, 4.69) is 0 Å². The molecule has 0 bridgehead atoms. The van der Waals surface area contributed by atoms with Gasteiger partial charge >= 0.3 is 0 Å². The lowest BCUT2D eigenvalue weighted by atomic mass is 10.3. The summed E-state index contributed by atoms with van der Waals surface area (Å²) in [5, 5.41) is 0. The monoisotopic (exact) mass is 232 g/mol. The van der Waals surface area contributed by atoms with Gasteiger partial charge < -0.3 is 5.73 Å². The van der Waals surface area contributed by atoms with Crippen molar-refractivity contribution < 1.29 is 12.8 Å². The number of nitrogens with two attached hydrogens (primary N) is 1. The van der Waals surface area contributed by atoms with E-state index >= 15 is 0 Å². The first-order valence-electron chi connectivity index (χ1n) is 4.41. The van der Waals surface area contributed by atoms with E-state index in [9.17, 15) is 12.8 Å². The van der Waals surface area contributed by atoms with E-state index < -0.39 is 15.8 Å². The van der Waals surface area contributed by atoms with Crippen LogP contribution >= 0.6 is 0 Å². The highest BCUT2D eigenvalue weighted by molar-refractivity contribution is 7.89. The lowest BCUT2D eigenvalue weighted by molar-refractivity contribution is 0.486. The molecule has 2 N–H and O–H groups in total. The van der Waals surface area contributed by atoms with Crippen LogP contribution in [0.25, 0.3) is 0 Å². The summed E-state index contributed by atoms with van der Waals surface area (Å²) in [6, 6.07) is 3.25. The predicted octanol–water partition coefficient (Wildman–Crippen LogP) is 1.05. The van der Waals surface area contributed by atoms with E-state index in [4.69, 9.17) is 5.73 Å². The summed E-state index contributed by atoms with van der Waals surface area (Å²) in [6.07, 6.45) is 0. The zero-order chi connectivity index (χ0) is 11.6. The first kappa shape index (κ1) is 11.9. The van der Waals surface area contributed by atoms with Crippen molar-refractivity contribution in [2.45, 2.75) is 11.8 Å². The van der Waals surface area contributed by atoms with E-state index in [0.717, 1.165) is 16.4 Å². The normalized spacial score (nSPS) is 12.0. The molecule has 0 aliphatic heterocycles. The number of nitrogen functional groups attached to an aromatic ring is 1. The van der Waals surface area contributed by atoms with Crippen LogP contribution in [0, 0.1) is 5.82 Å². The molecule has 0 spiro atoms. The van der Waals surface area contributed by atoms with Gasteiger partial charge in [-0.3, -0.25) is 0 Å². The second-order valence-electron chi connectivity index (χ2n) is 3.10. The minimum atomic E-state index is -3.59. The van der Waals surface area contributed by atoms with Gasteiger partial charge in [-0.05, 0) is 18.2 Å². The third-order valence-corrected chi connectivity index (χ3v) is 4.11. The Kier molecular flexibility index (Phi) is 3.31. The number of nitrogens with zero attached hydrogens (tertiary/aromatic N) is 1. The van der Waals surface area contributed by atoms with Gasteiger partial charge in [0, 0.05) is 13.6 Å². The van der Waals surface area contributed by atoms with E-state index in [0.29, 0.717) is 6.54 Å². The largest absolute Gasteiger partial charge is 0.398 e. The van der Waals surface area contributed by atoms with Crippen LogP contribution in [-0.4, -0.2) is 26.3 Å². The molecule has 6 heteroatoms. The summed E-state index contributed by atoms with van der Waals surface area (Å²) in [5.41, 5.74) is 5.38. The molecule has 0 radical (unpaired) electrons. The standard InChI is InChI=1S/C9H13FN2O2S/c1-3-12(2)15(13,14)9-5-4-7(10)6-8(9)11/h4-6H,3,11H2,1-2H3. The van der Waals surface area contributed by atoms with Crippen molar-refractivity contribution in [1.82, 2.24) is 4.31 Å². The van der Waals surface area contributed by atoms with Crippen LogP contribution in [0.4, 0.5) is 10.1 Å². The van der Waals surface area contributed by atoms with Crippen LogP contribution in [0.2, 0.25) is 0 Å². The second-order valence-corrected chi connectivity index (χ2v) is 5.11. The maximum Gasteiger partial charge on any atom is 0.244 e. The van der Waals surface area contributed by atoms with Gasteiger partial charge in [0.25, 0.3) is 0 Å². The Bertz CT molecular complexity index is 459. The van der Waals surface area contributed by atoms with Crippen LogP contribution in [0.3, 0.4) is 0 Å². The molecule has 4 nitrogen and oxygen atoms in total. The molecular formula is C9H13FN2O2S. The van der Waals surface area contributed by atoms with Gasteiger partial charge in [-0.1, -0.05) is 6.92 Å². The number of halogens is 1. The fraction of sp³-hybridized carbons (Fsp3) is 0.333. The van der Waals surface area contributed by atoms with Gasteiger partial charge in [0.15, 0.2) is 0 Å². The zero-order valence-corrected chi connectivity index (χ0v) is 9.38. The molecule has 0 saturated heterocycles. The molecule has 0 heterocycles. The minimum Gasteiger partial charge on any atom is -0.398 e. The van der Waals surface area contributed by atoms with Crippen LogP contribution < -0.4 is 5.73 Å². The Hall–Kier alpha value is -1.14. The Labute approximate surface area is 88.6 Å². The van der Waals surface area contributed by atoms with Crippen molar-refractivity contribution in [3.8, 4) is 0 Å². The summed E-state index contributed by atoms with van der Waals surface area (Å²) in [6.45, 7) is 2.04. The number of sulfonamides is 1. The first-order valence-corrected chi connectivity index (χ1v) is 5.85. The second kappa shape index (κ2) is 4.16. The molecule has 0 aliphatic rings. The molecule has 0 fully saturated rings. The number of benzene rings is 1. The quantitative estimate of drug-likeness (QED) is 0.792. The highest BCUT2D eigenvalue weighted by Crippen LogP contribution is 2.21. The summed E-state index contributed by atoms with van der Waals surface area (Å²) < 4.78 is 37.5. The Morgan fingerprint density at radius 2 is 2.07 bits per heavy atom. The van der Waals surface area contributed by atoms with E-state index in [1.165, 1.54) is 13.1 Å². The van der Waals surface area contributed by atoms with Crippen molar-refractivity contribution in [3.63, 3.8) is 0 Å². The van der Waals surface area contributed by atoms with Gasteiger partial charge in [0.1, 0.15) is 10.7 Å². The summed E-state index contributed by atoms with van der Waals surface area (Å²) in [4.78, 5) is -0.0618. The van der Waals surface area contributed by atoms with Crippen LogP contribution in [0.5, 0.6) is 0 Å². The fourth-order valence-corrected chi connectivity index (χ4v) is 2.36. The molecule has 0 amide bonds. The smallest absolute Gasteiger partial charge is 0.244 e. The molecule has 1 rings (SSSR count). The topological polar surface area (TPSA) is 63.4 Å². The summed E-state index contributed by atoms with van der Waals surface area (Å²) >= 11 is 0. The van der Waals surface area contributed by atoms with Gasteiger partial charge in [0.2, 0.25) is 10.0 Å². The molecule has 15 heavy (non-hydrogen) atoms. The molecule has 1 aromatic rings. The maximum atomic E-state index is 12.7. The predicted molar refractivity (Wildman–Crippen MR) is 56.3 cm³/mol. The molecule has 0 aliphatic carbocycles. The number of hydrogen-bond acceptors (Lipinski definition) is 3. The Balaban J connectivity index is 3.28. The minimum absolute atomic E-state index is 0.0618. The highest BCUT2D eigenvalue weighted by atomic mass is 32.2. The van der Waals surface area contributed by atoms with Crippen molar-refractivity contribution in [2.75, 3.05) is 19.3 Å².